The summed E-state index contributed by atoms with van der Waals surface area (Å²) in [5.41, 5.74) is 5.50. The molecule has 0 aliphatic rings. The van der Waals surface area contributed by atoms with E-state index in [9.17, 15) is 0 Å². The predicted molar refractivity (Wildman–Crippen MR) is 43.3 cm³/mol. The second-order valence-electron chi connectivity index (χ2n) is 1.75. The lowest BCUT2D eigenvalue weighted by Gasteiger charge is -1.91. The van der Waals surface area contributed by atoms with Crippen molar-refractivity contribution in [1.29, 1.82) is 5.26 Å². The van der Waals surface area contributed by atoms with Gasteiger partial charge >= 0.3 is 0 Å². The summed E-state index contributed by atoms with van der Waals surface area (Å²) in [5.74, 6) is 0.456. The minimum absolute atomic E-state index is 0.456. The van der Waals surface area contributed by atoms with Gasteiger partial charge in [-0.05, 0) is 12.2 Å². The molecule has 1 heterocycles. The minimum atomic E-state index is 0.456. The van der Waals surface area contributed by atoms with Crippen LogP contribution < -0.4 is 5.73 Å². The van der Waals surface area contributed by atoms with Gasteiger partial charge in [-0.3, -0.25) is 0 Å². The van der Waals surface area contributed by atoms with Crippen molar-refractivity contribution in [3.63, 3.8) is 0 Å². The van der Waals surface area contributed by atoms with E-state index >= 15 is 0 Å². The van der Waals surface area contributed by atoms with E-state index < -0.39 is 0 Å². The molecule has 0 aliphatic heterocycles. The van der Waals surface area contributed by atoms with Crippen LogP contribution in [0.2, 0.25) is 0 Å². The van der Waals surface area contributed by atoms with Gasteiger partial charge in [-0.25, -0.2) is 0 Å². The topological polar surface area (TPSA) is 54.7 Å². The second-order valence-corrected chi connectivity index (χ2v) is 3.40. The van der Waals surface area contributed by atoms with Crippen molar-refractivity contribution in [2.75, 3.05) is 5.73 Å². The number of rotatable bonds is 0. The van der Waals surface area contributed by atoms with Crippen molar-refractivity contribution in [3.05, 3.63) is 8.83 Å². The first-order chi connectivity index (χ1) is 4.66. The molecule has 52 valence electrons. The Bertz CT molecular complexity index is 341. The molecule has 0 saturated heterocycles. The summed E-state index contributed by atoms with van der Waals surface area (Å²) in [6.45, 7) is 0. The highest BCUT2D eigenvalue weighted by Crippen LogP contribution is 2.18. The number of nitrogen functional groups attached to an aromatic ring is 1. The van der Waals surface area contributed by atoms with Crippen LogP contribution in [0.1, 0.15) is 4.88 Å². The van der Waals surface area contributed by atoms with E-state index in [0.717, 1.165) is 0 Å². The van der Waals surface area contributed by atoms with E-state index in [0.29, 0.717) is 14.6 Å². The summed E-state index contributed by atoms with van der Waals surface area (Å²) in [6, 6.07) is 1.96. The van der Waals surface area contributed by atoms with Gasteiger partial charge in [0.15, 0.2) is 3.95 Å². The molecule has 0 amide bonds. The standard InChI is InChI=1S/C5H5N3S2/c1-8-4(7)3(2-6)10-5(8)9/h7H2,1H3. The first kappa shape index (κ1) is 7.25. The van der Waals surface area contributed by atoms with Gasteiger partial charge in [0.1, 0.15) is 16.8 Å². The lowest BCUT2D eigenvalue weighted by Crippen LogP contribution is -1.96. The Hall–Kier alpha value is -0.860. The Morgan fingerprint density at radius 3 is 2.60 bits per heavy atom. The molecule has 0 saturated carbocycles. The van der Waals surface area contributed by atoms with Gasteiger partial charge in [-0.15, -0.1) is 0 Å². The smallest absolute Gasteiger partial charge is 0.163 e. The molecule has 1 aromatic rings. The quantitative estimate of drug-likeness (QED) is 0.598. The third-order valence-corrected chi connectivity index (χ3v) is 2.64. The molecule has 0 spiro atoms. The molecule has 0 fully saturated rings. The monoisotopic (exact) mass is 171 g/mol. The molecule has 0 unspecified atom stereocenters. The molecular weight excluding hydrogens is 166 g/mol. The second kappa shape index (κ2) is 2.40. The first-order valence-corrected chi connectivity index (χ1v) is 3.74. The zero-order valence-corrected chi connectivity index (χ0v) is 6.92. The highest BCUT2D eigenvalue weighted by Gasteiger charge is 2.03. The zero-order valence-electron chi connectivity index (χ0n) is 5.29. The van der Waals surface area contributed by atoms with Crippen LogP contribution in [0.25, 0.3) is 0 Å². The number of nitriles is 1. The van der Waals surface area contributed by atoms with Gasteiger partial charge in [-0.2, -0.15) is 5.26 Å². The van der Waals surface area contributed by atoms with Crippen molar-refractivity contribution in [2.24, 2.45) is 7.05 Å². The molecule has 0 atom stereocenters. The Morgan fingerprint density at radius 2 is 2.40 bits per heavy atom. The molecule has 1 rings (SSSR count). The van der Waals surface area contributed by atoms with E-state index in [4.69, 9.17) is 23.2 Å². The number of thiazole rings is 1. The van der Waals surface area contributed by atoms with Gasteiger partial charge in [0.25, 0.3) is 0 Å². The highest BCUT2D eigenvalue weighted by molar-refractivity contribution is 7.73. The average molecular weight is 171 g/mol. The molecule has 1 aromatic heterocycles. The fourth-order valence-electron chi connectivity index (χ4n) is 0.539. The Balaban J connectivity index is 3.50. The van der Waals surface area contributed by atoms with Crippen LogP contribution >= 0.6 is 23.6 Å². The summed E-state index contributed by atoms with van der Waals surface area (Å²) in [4.78, 5) is 0.493. The van der Waals surface area contributed by atoms with E-state index in [1.807, 2.05) is 6.07 Å². The molecule has 0 bridgehead atoms. The van der Waals surface area contributed by atoms with E-state index in [2.05, 4.69) is 0 Å². The fraction of sp³-hybridized carbons (Fsp3) is 0.200. The van der Waals surface area contributed by atoms with Crippen molar-refractivity contribution >= 4 is 29.4 Å². The fourth-order valence-corrected chi connectivity index (χ4v) is 1.58. The summed E-state index contributed by atoms with van der Waals surface area (Å²) in [5, 5.41) is 8.48. The number of hydrogen-bond acceptors (Lipinski definition) is 4. The third-order valence-electron chi connectivity index (χ3n) is 1.16. The Labute approximate surface area is 67.3 Å². The highest BCUT2D eigenvalue weighted by atomic mass is 32.1. The Morgan fingerprint density at radius 1 is 1.80 bits per heavy atom. The first-order valence-electron chi connectivity index (χ1n) is 2.52. The SMILES string of the molecule is Cn1c(N)c(C#N)sc1=S. The largest absolute Gasteiger partial charge is 0.383 e. The maximum absolute atomic E-state index is 8.48. The maximum Gasteiger partial charge on any atom is 0.163 e. The van der Waals surface area contributed by atoms with E-state index in [1.165, 1.54) is 11.3 Å². The zero-order chi connectivity index (χ0) is 7.72. The molecule has 10 heavy (non-hydrogen) atoms. The van der Waals surface area contributed by atoms with Crippen LogP contribution in [0.3, 0.4) is 0 Å². The van der Waals surface area contributed by atoms with E-state index in [1.54, 1.807) is 11.6 Å². The summed E-state index contributed by atoms with van der Waals surface area (Å²) < 4.78 is 2.26. The molecule has 0 aliphatic carbocycles. The summed E-state index contributed by atoms with van der Waals surface area (Å²) >= 11 is 6.11. The van der Waals surface area contributed by atoms with Gasteiger partial charge < -0.3 is 10.3 Å². The number of aromatic nitrogens is 1. The van der Waals surface area contributed by atoms with Crippen LogP contribution in [0.4, 0.5) is 5.82 Å². The van der Waals surface area contributed by atoms with Crippen LogP contribution in [-0.4, -0.2) is 4.57 Å². The van der Waals surface area contributed by atoms with Crippen molar-refractivity contribution in [3.8, 4) is 6.07 Å². The molecule has 2 N–H and O–H groups in total. The van der Waals surface area contributed by atoms with Gasteiger partial charge in [-0.1, -0.05) is 11.3 Å². The lowest BCUT2D eigenvalue weighted by atomic mass is 10.5. The van der Waals surface area contributed by atoms with Gasteiger partial charge in [0.05, 0.1) is 0 Å². The molecule has 0 radical (unpaired) electrons. The normalized spacial score (nSPS) is 9.20. The van der Waals surface area contributed by atoms with Crippen molar-refractivity contribution in [2.45, 2.75) is 0 Å². The average Bonchev–Trinajstić information content (AvgIpc) is 2.17. The van der Waals surface area contributed by atoms with E-state index in [-0.39, 0.29) is 0 Å². The third kappa shape index (κ3) is 0.916. The van der Waals surface area contributed by atoms with Gasteiger partial charge in [0, 0.05) is 7.05 Å². The molecule has 5 heteroatoms. The lowest BCUT2D eigenvalue weighted by molar-refractivity contribution is 0.932. The summed E-state index contributed by atoms with van der Waals surface area (Å²) in [7, 11) is 1.75. The van der Waals surface area contributed by atoms with Gasteiger partial charge in [0.2, 0.25) is 0 Å². The number of nitrogens with zero attached hydrogens (tertiary/aromatic N) is 2. The number of nitrogens with two attached hydrogens (primary N) is 1. The van der Waals surface area contributed by atoms with Crippen LogP contribution in [0.5, 0.6) is 0 Å². The Kier molecular flexibility index (Phi) is 1.74. The van der Waals surface area contributed by atoms with Crippen molar-refractivity contribution in [1.82, 2.24) is 4.57 Å². The van der Waals surface area contributed by atoms with Crippen LogP contribution in [0, 0.1) is 15.3 Å². The van der Waals surface area contributed by atoms with Crippen LogP contribution in [0.15, 0.2) is 0 Å². The maximum atomic E-state index is 8.48. The molecular formula is C5H5N3S2. The molecule has 0 aromatic carbocycles. The predicted octanol–water partition coefficient (Wildman–Crippen LogP) is 1.27. The minimum Gasteiger partial charge on any atom is -0.383 e. The summed E-state index contributed by atoms with van der Waals surface area (Å²) in [6.07, 6.45) is 0. The molecule has 3 nitrogen and oxygen atoms in total. The van der Waals surface area contributed by atoms with Crippen molar-refractivity contribution < 1.29 is 0 Å². The van der Waals surface area contributed by atoms with Crippen LogP contribution in [-0.2, 0) is 7.05 Å². The number of hydrogen-bond donors (Lipinski definition) is 1. The number of anilines is 1.